The molecule has 1 fully saturated rings. The van der Waals surface area contributed by atoms with Crippen LogP contribution in [0, 0.1) is 19.7 Å². The number of hydrogen-bond donors (Lipinski definition) is 0. The molecule has 0 atom stereocenters. The Labute approximate surface area is 152 Å². The zero-order valence-corrected chi connectivity index (χ0v) is 15.4. The summed E-state index contributed by atoms with van der Waals surface area (Å²) in [6.45, 7) is 9.84. The third-order valence-electron chi connectivity index (χ3n) is 4.92. The van der Waals surface area contributed by atoms with E-state index in [1.165, 1.54) is 6.07 Å². The van der Waals surface area contributed by atoms with Gasteiger partial charge in [-0.1, -0.05) is 12.1 Å². The van der Waals surface area contributed by atoms with Gasteiger partial charge in [-0.25, -0.2) is 14.4 Å². The quantitative estimate of drug-likeness (QED) is 0.724. The van der Waals surface area contributed by atoms with Crippen molar-refractivity contribution in [3.8, 4) is 0 Å². The number of fused-ring (bicyclic) bond motifs is 1. The van der Waals surface area contributed by atoms with E-state index in [0.29, 0.717) is 5.69 Å². The summed E-state index contributed by atoms with van der Waals surface area (Å²) in [4.78, 5) is 13.7. The maximum atomic E-state index is 14.1. The smallest absolute Gasteiger partial charge is 0.158 e. The van der Waals surface area contributed by atoms with Gasteiger partial charge in [0, 0.05) is 32.7 Å². The second kappa shape index (κ2) is 6.55. The lowest BCUT2D eigenvalue weighted by atomic mass is 10.2. The van der Waals surface area contributed by atoms with Crippen molar-refractivity contribution >= 4 is 22.5 Å². The number of hydrogen-bond acceptors (Lipinski definition) is 5. The summed E-state index contributed by atoms with van der Waals surface area (Å²) in [5, 5.41) is 4.61. The molecule has 1 aliphatic rings. The maximum absolute atomic E-state index is 14.1. The minimum atomic E-state index is -0.166. The molecule has 6 nitrogen and oxygen atoms in total. The van der Waals surface area contributed by atoms with Gasteiger partial charge in [-0.15, -0.1) is 0 Å². The zero-order chi connectivity index (χ0) is 18.3. The van der Waals surface area contributed by atoms with Crippen molar-refractivity contribution in [2.24, 2.45) is 0 Å². The van der Waals surface area contributed by atoms with E-state index in [1.807, 2.05) is 30.7 Å². The zero-order valence-electron chi connectivity index (χ0n) is 15.4. The van der Waals surface area contributed by atoms with Gasteiger partial charge in [-0.05, 0) is 32.9 Å². The van der Waals surface area contributed by atoms with Crippen LogP contribution in [0.25, 0.3) is 11.0 Å². The van der Waals surface area contributed by atoms with Gasteiger partial charge in [0.25, 0.3) is 0 Å². The van der Waals surface area contributed by atoms with Gasteiger partial charge in [-0.2, -0.15) is 5.10 Å². The molecule has 0 radical (unpaired) electrons. The maximum Gasteiger partial charge on any atom is 0.158 e. The molecular weight excluding hydrogens is 331 g/mol. The SMILES string of the molecule is CCn1nc(C)c2nc(C)nc(N3CCN(c4ccccc4F)CC3)c21. The Morgan fingerprint density at radius 1 is 1.00 bits per heavy atom. The largest absolute Gasteiger partial charge is 0.366 e. The van der Waals surface area contributed by atoms with E-state index in [0.717, 1.165) is 61.1 Å². The summed E-state index contributed by atoms with van der Waals surface area (Å²) < 4.78 is 16.0. The molecule has 0 amide bonds. The highest BCUT2D eigenvalue weighted by molar-refractivity contribution is 5.88. The fraction of sp³-hybridized carbons (Fsp3) is 0.421. The van der Waals surface area contributed by atoms with Gasteiger partial charge in [0.1, 0.15) is 22.7 Å². The molecule has 1 aliphatic heterocycles. The molecule has 0 unspecified atom stereocenters. The molecule has 0 saturated carbocycles. The molecule has 0 aliphatic carbocycles. The molecule has 7 heteroatoms. The van der Waals surface area contributed by atoms with Crippen LogP contribution in [0.5, 0.6) is 0 Å². The molecule has 0 N–H and O–H groups in total. The minimum Gasteiger partial charge on any atom is -0.366 e. The lowest BCUT2D eigenvalue weighted by Gasteiger charge is -2.37. The Balaban J connectivity index is 1.65. The van der Waals surface area contributed by atoms with Crippen LogP contribution in [0.2, 0.25) is 0 Å². The predicted octanol–water partition coefficient (Wildman–Crippen LogP) is 2.93. The van der Waals surface area contributed by atoms with Gasteiger partial charge >= 0.3 is 0 Å². The number of aryl methyl sites for hydroxylation is 3. The molecule has 0 spiro atoms. The number of piperazine rings is 1. The van der Waals surface area contributed by atoms with Crippen LogP contribution in [-0.2, 0) is 6.54 Å². The summed E-state index contributed by atoms with van der Waals surface area (Å²) in [6.07, 6.45) is 0. The van der Waals surface area contributed by atoms with Crippen LogP contribution in [0.3, 0.4) is 0 Å². The third kappa shape index (κ3) is 2.77. The summed E-state index contributed by atoms with van der Waals surface area (Å²) in [5.74, 6) is 1.52. The Kier molecular flexibility index (Phi) is 4.22. The van der Waals surface area contributed by atoms with Crippen molar-refractivity contribution < 1.29 is 4.39 Å². The second-order valence-corrected chi connectivity index (χ2v) is 6.62. The molecule has 26 heavy (non-hydrogen) atoms. The first-order valence-corrected chi connectivity index (χ1v) is 9.04. The number of halogens is 1. The van der Waals surface area contributed by atoms with Gasteiger partial charge in [-0.3, -0.25) is 4.68 Å². The van der Waals surface area contributed by atoms with Gasteiger partial charge in [0.05, 0.1) is 11.4 Å². The normalized spacial score (nSPS) is 15.1. The number of anilines is 2. The van der Waals surface area contributed by atoms with E-state index in [-0.39, 0.29) is 5.82 Å². The third-order valence-corrected chi connectivity index (χ3v) is 4.92. The summed E-state index contributed by atoms with van der Waals surface area (Å²) >= 11 is 0. The first-order valence-electron chi connectivity index (χ1n) is 9.04. The monoisotopic (exact) mass is 354 g/mol. The van der Waals surface area contributed by atoms with Crippen LogP contribution < -0.4 is 9.80 Å². The standard InChI is InChI=1S/C19H23FN6/c1-4-26-18-17(13(2)23-26)21-14(3)22-19(18)25-11-9-24(10-12-25)16-8-6-5-7-15(16)20/h5-8H,4,9-12H2,1-3H3. The highest BCUT2D eigenvalue weighted by Crippen LogP contribution is 2.28. The molecule has 1 aromatic carbocycles. The van der Waals surface area contributed by atoms with Gasteiger partial charge in [0.15, 0.2) is 5.82 Å². The number of nitrogens with zero attached hydrogens (tertiary/aromatic N) is 6. The van der Waals surface area contributed by atoms with Crippen molar-refractivity contribution in [3.05, 3.63) is 41.6 Å². The van der Waals surface area contributed by atoms with E-state index in [2.05, 4.69) is 26.8 Å². The summed E-state index contributed by atoms with van der Waals surface area (Å²) in [5.41, 5.74) is 3.52. The highest BCUT2D eigenvalue weighted by Gasteiger charge is 2.24. The van der Waals surface area contributed by atoms with Gasteiger partial charge < -0.3 is 9.80 Å². The molecular formula is C19H23FN6. The minimum absolute atomic E-state index is 0.166. The van der Waals surface area contributed by atoms with Crippen LogP contribution in [0.4, 0.5) is 15.9 Å². The summed E-state index contributed by atoms with van der Waals surface area (Å²) in [6, 6.07) is 6.96. The molecule has 136 valence electrons. The second-order valence-electron chi connectivity index (χ2n) is 6.62. The lowest BCUT2D eigenvalue weighted by Crippen LogP contribution is -2.47. The van der Waals surface area contributed by atoms with Crippen LogP contribution in [0.1, 0.15) is 18.4 Å². The number of rotatable bonds is 3. The van der Waals surface area contributed by atoms with Crippen molar-refractivity contribution in [2.45, 2.75) is 27.3 Å². The highest BCUT2D eigenvalue weighted by atomic mass is 19.1. The van der Waals surface area contributed by atoms with E-state index in [4.69, 9.17) is 4.98 Å². The average Bonchev–Trinajstić information content (AvgIpc) is 2.97. The van der Waals surface area contributed by atoms with Crippen molar-refractivity contribution in [2.75, 3.05) is 36.0 Å². The van der Waals surface area contributed by atoms with E-state index < -0.39 is 0 Å². The first-order chi connectivity index (χ1) is 12.6. The number of para-hydroxylation sites is 1. The summed E-state index contributed by atoms with van der Waals surface area (Å²) in [7, 11) is 0. The van der Waals surface area contributed by atoms with Crippen molar-refractivity contribution in [1.29, 1.82) is 0 Å². The molecule has 1 saturated heterocycles. The van der Waals surface area contributed by atoms with Crippen LogP contribution in [0.15, 0.2) is 24.3 Å². The van der Waals surface area contributed by atoms with E-state index in [9.17, 15) is 4.39 Å². The molecule has 2 aromatic heterocycles. The predicted molar refractivity (Wildman–Crippen MR) is 101 cm³/mol. The molecule has 3 heterocycles. The first kappa shape index (κ1) is 16.8. The molecule has 0 bridgehead atoms. The average molecular weight is 354 g/mol. The number of benzene rings is 1. The van der Waals surface area contributed by atoms with Crippen molar-refractivity contribution in [1.82, 2.24) is 19.7 Å². The topological polar surface area (TPSA) is 50.1 Å². The van der Waals surface area contributed by atoms with Crippen LogP contribution in [-0.4, -0.2) is 45.9 Å². The van der Waals surface area contributed by atoms with E-state index in [1.54, 1.807) is 6.07 Å². The number of aromatic nitrogens is 4. The lowest BCUT2D eigenvalue weighted by molar-refractivity contribution is 0.595. The fourth-order valence-electron chi connectivity index (χ4n) is 3.64. The Hall–Kier alpha value is -2.70. The van der Waals surface area contributed by atoms with Gasteiger partial charge in [0.2, 0.25) is 0 Å². The Morgan fingerprint density at radius 3 is 2.38 bits per heavy atom. The molecule has 4 rings (SSSR count). The van der Waals surface area contributed by atoms with E-state index >= 15 is 0 Å². The Morgan fingerprint density at radius 2 is 1.69 bits per heavy atom. The Bertz CT molecular complexity index is 943. The van der Waals surface area contributed by atoms with Crippen molar-refractivity contribution in [3.63, 3.8) is 0 Å². The fourth-order valence-corrected chi connectivity index (χ4v) is 3.64. The van der Waals surface area contributed by atoms with Crippen LogP contribution >= 0.6 is 0 Å². The molecule has 3 aromatic rings.